The van der Waals surface area contributed by atoms with Crippen LogP contribution in [0.1, 0.15) is 17.0 Å². The van der Waals surface area contributed by atoms with Gasteiger partial charge in [0.05, 0.1) is 17.4 Å². The van der Waals surface area contributed by atoms with Gasteiger partial charge in [0, 0.05) is 25.2 Å². The fraction of sp³-hybridized carbons (Fsp3) is 0.190. The number of nitrogens with one attached hydrogen (secondary N) is 2. The minimum Gasteiger partial charge on any atom is -0.438 e. The molecule has 4 aromatic rings. The van der Waals surface area contributed by atoms with Gasteiger partial charge in [-0.15, -0.1) is 0 Å². The van der Waals surface area contributed by atoms with Crippen LogP contribution in [-0.2, 0) is 6.18 Å². The molecule has 32 heavy (non-hydrogen) atoms. The quantitative estimate of drug-likeness (QED) is 0.435. The van der Waals surface area contributed by atoms with Crippen molar-refractivity contribution in [3.63, 3.8) is 0 Å². The van der Waals surface area contributed by atoms with E-state index >= 15 is 0 Å². The van der Waals surface area contributed by atoms with Crippen LogP contribution in [0.3, 0.4) is 0 Å². The van der Waals surface area contributed by atoms with Crippen LogP contribution in [0.2, 0.25) is 5.02 Å². The smallest absolute Gasteiger partial charge is 0.416 e. The van der Waals surface area contributed by atoms with Crippen molar-refractivity contribution in [2.24, 2.45) is 0 Å². The van der Waals surface area contributed by atoms with Crippen LogP contribution in [0.5, 0.6) is 11.6 Å². The molecule has 0 aliphatic carbocycles. The third-order valence-electron chi connectivity index (χ3n) is 5.15. The van der Waals surface area contributed by atoms with Gasteiger partial charge in [-0.3, -0.25) is 0 Å². The number of pyridine rings is 1. The summed E-state index contributed by atoms with van der Waals surface area (Å²) in [6.07, 6.45) is 0.326. The minimum atomic E-state index is -4.47. The molecule has 1 fully saturated rings. The molecular formula is C21H16ClF3N6O. The van der Waals surface area contributed by atoms with Crippen LogP contribution < -0.4 is 15.4 Å². The summed E-state index contributed by atoms with van der Waals surface area (Å²) in [7, 11) is 0. The predicted molar refractivity (Wildman–Crippen MR) is 113 cm³/mol. The average molecular weight is 461 g/mol. The maximum Gasteiger partial charge on any atom is 0.416 e. The van der Waals surface area contributed by atoms with E-state index < -0.39 is 11.7 Å². The average Bonchev–Trinajstić information content (AvgIpc) is 3.13. The largest absolute Gasteiger partial charge is 0.438 e. The lowest BCUT2D eigenvalue weighted by Gasteiger charge is -2.27. The number of benzene rings is 1. The number of alkyl halides is 3. The third-order valence-corrected chi connectivity index (χ3v) is 5.42. The number of hydrogen-bond donors (Lipinski definition) is 2. The second kappa shape index (κ2) is 7.95. The fourth-order valence-electron chi connectivity index (χ4n) is 3.46. The van der Waals surface area contributed by atoms with Gasteiger partial charge in [0.25, 0.3) is 0 Å². The van der Waals surface area contributed by atoms with E-state index in [0.29, 0.717) is 17.4 Å². The van der Waals surface area contributed by atoms with Gasteiger partial charge in [0.1, 0.15) is 22.6 Å². The van der Waals surface area contributed by atoms with Crippen molar-refractivity contribution in [2.75, 3.05) is 18.4 Å². The zero-order valence-corrected chi connectivity index (χ0v) is 17.2. The van der Waals surface area contributed by atoms with Crippen molar-refractivity contribution in [1.29, 1.82) is 0 Å². The Kier molecular flexibility index (Phi) is 5.10. The van der Waals surface area contributed by atoms with Crippen molar-refractivity contribution in [3.05, 3.63) is 71.3 Å². The highest BCUT2D eigenvalue weighted by Gasteiger charge is 2.30. The molecule has 164 valence electrons. The van der Waals surface area contributed by atoms with Crippen LogP contribution in [0, 0.1) is 0 Å². The molecule has 0 radical (unpaired) electrons. The van der Waals surface area contributed by atoms with Crippen LogP contribution in [0.15, 0.2) is 55.1 Å². The highest BCUT2D eigenvalue weighted by molar-refractivity contribution is 6.32. The second-order valence-corrected chi connectivity index (χ2v) is 7.70. The molecule has 7 nitrogen and oxygen atoms in total. The van der Waals surface area contributed by atoms with Crippen molar-refractivity contribution < 1.29 is 17.9 Å². The predicted octanol–water partition coefficient (Wildman–Crippen LogP) is 5.02. The molecule has 2 N–H and O–H groups in total. The Hall–Kier alpha value is -3.37. The van der Waals surface area contributed by atoms with Gasteiger partial charge in [0.15, 0.2) is 5.82 Å². The molecule has 1 saturated heterocycles. The lowest BCUT2D eigenvalue weighted by Crippen LogP contribution is -2.39. The van der Waals surface area contributed by atoms with Crippen LogP contribution >= 0.6 is 11.6 Å². The number of hydrogen-bond acceptors (Lipinski definition) is 6. The number of aromatic nitrogens is 4. The first-order chi connectivity index (χ1) is 15.4. The lowest BCUT2D eigenvalue weighted by atomic mass is 9.95. The Bertz CT molecular complexity index is 1290. The first kappa shape index (κ1) is 20.5. The Morgan fingerprint density at radius 3 is 2.72 bits per heavy atom. The zero-order valence-electron chi connectivity index (χ0n) is 16.4. The Balaban J connectivity index is 1.39. The Labute approximate surface area is 185 Å². The van der Waals surface area contributed by atoms with Gasteiger partial charge < -0.3 is 15.4 Å². The van der Waals surface area contributed by atoms with Crippen molar-refractivity contribution in [2.45, 2.75) is 12.1 Å². The molecular weight excluding hydrogens is 445 g/mol. The number of anilines is 2. The molecule has 4 heterocycles. The molecule has 5 rings (SSSR count). The van der Waals surface area contributed by atoms with E-state index in [2.05, 4.69) is 25.7 Å². The SMILES string of the molecule is FC(F)(F)c1cccc(Oc2ncc(Nc3ncnn4ccc(C5CNC5)c34)cc2Cl)c1. The lowest BCUT2D eigenvalue weighted by molar-refractivity contribution is -0.137. The maximum absolute atomic E-state index is 12.9. The van der Waals surface area contributed by atoms with Crippen molar-refractivity contribution in [3.8, 4) is 11.6 Å². The third kappa shape index (κ3) is 3.94. The number of halogens is 4. The van der Waals surface area contributed by atoms with Crippen LogP contribution in [-0.4, -0.2) is 32.7 Å². The summed E-state index contributed by atoms with van der Waals surface area (Å²) >= 11 is 6.29. The minimum absolute atomic E-state index is 0.00621. The van der Waals surface area contributed by atoms with E-state index in [1.54, 1.807) is 10.6 Å². The van der Waals surface area contributed by atoms with E-state index in [9.17, 15) is 13.2 Å². The highest BCUT2D eigenvalue weighted by atomic mass is 35.5. The van der Waals surface area contributed by atoms with Crippen molar-refractivity contribution >= 4 is 28.6 Å². The van der Waals surface area contributed by atoms with Gasteiger partial charge in [-0.25, -0.2) is 14.5 Å². The molecule has 0 amide bonds. The molecule has 1 aromatic carbocycles. The topological polar surface area (TPSA) is 76.4 Å². The van der Waals surface area contributed by atoms with Gasteiger partial charge in [-0.2, -0.15) is 18.3 Å². The molecule has 1 aliphatic heterocycles. The zero-order chi connectivity index (χ0) is 22.3. The van der Waals surface area contributed by atoms with Gasteiger partial charge in [-0.05, 0) is 35.9 Å². The van der Waals surface area contributed by atoms with E-state index in [0.717, 1.165) is 36.3 Å². The fourth-order valence-corrected chi connectivity index (χ4v) is 3.67. The molecule has 11 heteroatoms. The summed E-state index contributed by atoms with van der Waals surface area (Å²) in [4.78, 5) is 8.51. The molecule has 0 bridgehead atoms. The van der Waals surface area contributed by atoms with E-state index in [1.165, 1.54) is 24.7 Å². The van der Waals surface area contributed by atoms with Crippen molar-refractivity contribution in [1.82, 2.24) is 24.9 Å². The molecule has 0 atom stereocenters. The Morgan fingerprint density at radius 1 is 1.16 bits per heavy atom. The summed E-state index contributed by atoms with van der Waals surface area (Å²) in [5.41, 5.74) is 1.72. The molecule has 0 spiro atoms. The summed E-state index contributed by atoms with van der Waals surface area (Å²) in [5.74, 6) is 0.959. The van der Waals surface area contributed by atoms with E-state index in [4.69, 9.17) is 16.3 Å². The standard InChI is InChI=1S/C21H16ClF3N6O/c22-17-7-14(10-27-20(17)32-15-3-1-2-13(6-15)21(23,24)25)30-19-18-16(12-8-26-9-12)4-5-31(18)29-11-28-19/h1-7,10-12,26H,8-9H2,(H,28,29,30). The number of ether oxygens (including phenoxy) is 1. The van der Waals surface area contributed by atoms with Crippen LogP contribution in [0.25, 0.3) is 5.52 Å². The number of fused-ring (bicyclic) bond motifs is 1. The normalized spacial score (nSPS) is 14.4. The highest BCUT2D eigenvalue weighted by Crippen LogP contribution is 2.35. The summed E-state index contributed by atoms with van der Waals surface area (Å²) in [6.45, 7) is 1.78. The van der Waals surface area contributed by atoms with Gasteiger partial charge >= 0.3 is 6.18 Å². The Morgan fingerprint density at radius 2 is 2.00 bits per heavy atom. The van der Waals surface area contributed by atoms with Gasteiger partial charge in [-0.1, -0.05) is 17.7 Å². The van der Waals surface area contributed by atoms with Crippen LogP contribution in [0.4, 0.5) is 24.7 Å². The first-order valence-electron chi connectivity index (χ1n) is 9.69. The first-order valence-corrected chi connectivity index (χ1v) is 10.1. The molecule has 3 aromatic heterocycles. The second-order valence-electron chi connectivity index (χ2n) is 7.29. The number of rotatable bonds is 5. The van der Waals surface area contributed by atoms with Gasteiger partial charge in [0.2, 0.25) is 5.88 Å². The summed E-state index contributed by atoms with van der Waals surface area (Å²) in [6, 6.07) is 8.12. The summed E-state index contributed by atoms with van der Waals surface area (Å²) in [5, 5.41) is 10.8. The maximum atomic E-state index is 12.9. The molecule has 1 aliphatic rings. The summed E-state index contributed by atoms with van der Waals surface area (Å²) < 4.78 is 46.0. The monoisotopic (exact) mass is 460 g/mol. The van der Waals surface area contributed by atoms with E-state index in [-0.39, 0.29) is 16.7 Å². The van der Waals surface area contributed by atoms with E-state index in [1.807, 2.05) is 12.3 Å². The molecule has 0 unspecified atom stereocenters. The number of nitrogens with zero attached hydrogens (tertiary/aromatic N) is 4. The molecule has 0 saturated carbocycles.